The van der Waals surface area contributed by atoms with Gasteiger partial charge in [-0.3, -0.25) is 9.59 Å². The summed E-state index contributed by atoms with van der Waals surface area (Å²) in [7, 11) is 0. The number of benzene rings is 4. The van der Waals surface area contributed by atoms with Crippen molar-refractivity contribution < 1.29 is 14.7 Å². The van der Waals surface area contributed by atoms with Crippen LogP contribution in [0.1, 0.15) is 39.6 Å². The van der Waals surface area contributed by atoms with E-state index < -0.39 is 5.91 Å². The van der Waals surface area contributed by atoms with Crippen molar-refractivity contribution in [1.29, 1.82) is 0 Å². The van der Waals surface area contributed by atoms with Gasteiger partial charge in [-0.1, -0.05) is 42.8 Å². The second kappa shape index (κ2) is 9.85. The van der Waals surface area contributed by atoms with Gasteiger partial charge in [0.1, 0.15) is 5.69 Å². The van der Waals surface area contributed by atoms with E-state index in [1.807, 2.05) is 25.1 Å². The lowest BCUT2D eigenvalue weighted by Crippen LogP contribution is -2.13. The molecule has 0 heterocycles. The minimum atomic E-state index is -0.479. The monoisotopic (exact) mass is 471 g/mol. The number of ketones is 1. The molecule has 2 N–H and O–H groups in total. The van der Waals surface area contributed by atoms with Gasteiger partial charge < -0.3 is 10.4 Å². The Bertz CT molecular complexity index is 1430. The SMILES string of the molecule is CCC(=O)c1ccc(/N=N/c2c(O)c(C(=O)Nc3ccc(Cl)cc3C)cc3ccccc23)cc1. The summed E-state index contributed by atoms with van der Waals surface area (Å²) in [6, 6.07) is 20.8. The Kier molecular flexibility index (Phi) is 6.70. The summed E-state index contributed by atoms with van der Waals surface area (Å²) in [5.41, 5.74) is 2.77. The van der Waals surface area contributed by atoms with Crippen molar-refractivity contribution in [2.24, 2.45) is 10.2 Å². The molecule has 6 nitrogen and oxygen atoms in total. The lowest BCUT2D eigenvalue weighted by Gasteiger charge is -2.12. The number of aryl methyl sites for hydroxylation is 1. The zero-order valence-corrected chi connectivity index (χ0v) is 19.4. The van der Waals surface area contributed by atoms with Gasteiger partial charge in [0.2, 0.25) is 0 Å². The summed E-state index contributed by atoms with van der Waals surface area (Å²) >= 11 is 6.01. The fourth-order valence-corrected chi connectivity index (χ4v) is 3.80. The van der Waals surface area contributed by atoms with Crippen LogP contribution < -0.4 is 5.32 Å². The molecule has 170 valence electrons. The van der Waals surface area contributed by atoms with Gasteiger partial charge in [0, 0.05) is 28.1 Å². The summed E-state index contributed by atoms with van der Waals surface area (Å²) in [5, 5.41) is 24.3. The van der Waals surface area contributed by atoms with Crippen LogP contribution >= 0.6 is 11.6 Å². The van der Waals surface area contributed by atoms with E-state index in [2.05, 4.69) is 15.5 Å². The van der Waals surface area contributed by atoms with E-state index in [-0.39, 0.29) is 22.8 Å². The van der Waals surface area contributed by atoms with E-state index in [0.29, 0.717) is 33.8 Å². The van der Waals surface area contributed by atoms with E-state index >= 15 is 0 Å². The molecule has 0 bridgehead atoms. The maximum Gasteiger partial charge on any atom is 0.259 e. The minimum absolute atomic E-state index is 0.0433. The molecular formula is C27H22ClN3O3. The number of carbonyl (C=O) groups is 2. The average Bonchev–Trinajstić information content (AvgIpc) is 2.84. The summed E-state index contributed by atoms with van der Waals surface area (Å²) in [6.45, 7) is 3.64. The summed E-state index contributed by atoms with van der Waals surface area (Å²) in [6.07, 6.45) is 0.422. The summed E-state index contributed by atoms with van der Waals surface area (Å²) < 4.78 is 0. The molecular weight excluding hydrogens is 450 g/mol. The number of nitrogens with one attached hydrogen (secondary N) is 1. The smallest absolute Gasteiger partial charge is 0.259 e. The zero-order valence-electron chi connectivity index (χ0n) is 18.7. The molecule has 4 aromatic carbocycles. The molecule has 0 saturated heterocycles. The van der Waals surface area contributed by atoms with Crippen LogP contribution in [-0.2, 0) is 0 Å². The quantitative estimate of drug-likeness (QED) is 0.222. The Hall–Kier alpha value is -4.03. The first-order chi connectivity index (χ1) is 16.4. The number of Topliss-reactive ketones (excluding diaryl/α,β-unsaturated/α-hetero) is 1. The molecule has 0 fully saturated rings. The van der Waals surface area contributed by atoms with E-state index in [0.717, 1.165) is 10.9 Å². The largest absolute Gasteiger partial charge is 0.505 e. The molecule has 0 aliphatic rings. The minimum Gasteiger partial charge on any atom is -0.505 e. The third-order valence-electron chi connectivity index (χ3n) is 5.45. The van der Waals surface area contributed by atoms with Gasteiger partial charge in [-0.15, -0.1) is 5.11 Å². The van der Waals surface area contributed by atoms with Gasteiger partial charge in [-0.2, -0.15) is 5.11 Å². The van der Waals surface area contributed by atoms with Crippen molar-refractivity contribution in [1.82, 2.24) is 0 Å². The second-order valence-electron chi connectivity index (χ2n) is 7.78. The van der Waals surface area contributed by atoms with Crippen molar-refractivity contribution in [3.63, 3.8) is 0 Å². The topological polar surface area (TPSA) is 91.1 Å². The Morgan fingerprint density at radius 3 is 2.41 bits per heavy atom. The van der Waals surface area contributed by atoms with Crippen LogP contribution in [0.3, 0.4) is 0 Å². The maximum atomic E-state index is 13.1. The van der Waals surface area contributed by atoms with Crippen LogP contribution in [0.2, 0.25) is 5.02 Å². The number of aromatic hydroxyl groups is 1. The Labute approximate surface area is 201 Å². The lowest BCUT2D eigenvalue weighted by molar-refractivity contribution is 0.0986. The molecule has 0 aliphatic carbocycles. The molecule has 0 aliphatic heterocycles. The van der Waals surface area contributed by atoms with Crippen molar-refractivity contribution in [3.05, 3.63) is 94.5 Å². The fraction of sp³-hybridized carbons (Fsp3) is 0.111. The molecule has 4 rings (SSSR count). The van der Waals surface area contributed by atoms with Gasteiger partial charge in [0.25, 0.3) is 5.91 Å². The number of halogens is 1. The highest BCUT2D eigenvalue weighted by Crippen LogP contribution is 2.39. The fourth-order valence-electron chi connectivity index (χ4n) is 3.57. The van der Waals surface area contributed by atoms with Gasteiger partial charge >= 0.3 is 0 Å². The van der Waals surface area contributed by atoms with Gasteiger partial charge in [-0.05, 0) is 66.4 Å². The highest BCUT2D eigenvalue weighted by atomic mass is 35.5. The molecule has 0 aromatic heterocycles. The van der Waals surface area contributed by atoms with Crippen LogP contribution in [0.15, 0.2) is 83.0 Å². The van der Waals surface area contributed by atoms with Crippen molar-refractivity contribution >= 4 is 51.1 Å². The summed E-state index contributed by atoms with van der Waals surface area (Å²) in [4.78, 5) is 24.9. The van der Waals surface area contributed by atoms with Crippen LogP contribution in [0.25, 0.3) is 10.8 Å². The number of rotatable bonds is 6. The van der Waals surface area contributed by atoms with E-state index in [4.69, 9.17) is 11.6 Å². The number of anilines is 1. The Balaban J connectivity index is 1.72. The van der Waals surface area contributed by atoms with Gasteiger partial charge in [-0.25, -0.2) is 0 Å². The van der Waals surface area contributed by atoms with Gasteiger partial charge in [0.15, 0.2) is 11.5 Å². The molecule has 1 amide bonds. The van der Waals surface area contributed by atoms with Gasteiger partial charge in [0.05, 0.1) is 11.3 Å². The van der Waals surface area contributed by atoms with E-state index in [1.165, 1.54) is 0 Å². The van der Waals surface area contributed by atoms with Crippen LogP contribution in [0, 0.1) is 6.92 Å². The van der Waals surface area contributed by atoms with Crippen LogP contribution in [-0.4, -0.2) is 16.8 Å². The first-order valence-electron chi connectivity index (χ1n) is 10.7. The number of hydrogen-bond donors (Lipinski definition) is 2. The molecule has 7 heteroatoms. The standard InChI is InChI=1S/C27H22ClN3O3/c1-3-24(32)17-8-11-20(12-9-17)30-31-25-21-7-5-4-6-18(21)15-22(26(25)33)27(34)29-23-13-10-19(28)14-16(23)2/h4-15,33H,3H2,1-2H3,(H,29,34)/b31-30+. The average molecular weight is 472 g/mol. The lowest BCUT2D eigenvalue weighted by atomic mass is 10.0. The third kappa shape index (κ3) is 4.82. The highest BCUT2D eigenvalue weighted by Gasteiger charge is 2.19. The number of phenolic OH excluding ortho intramolecular Hbond substituents is 1. The highest BCUT2D eigenvalue weighted by molar-refractivity contribution is 6.30. The van der Waals surface area contributed by atoms with Crippen molar-refractivity contribution in [3.8, 4) is 5.75 Å². The molecule has 0 radical (unpaired) electrons. The normalized spacial score (nSPS) is 11.1. The number of nitrogens with zero attached hydrogens (tertiary/aromatic N) is 2. The van der Waals surface area contributed by atoms with Crippen LogP contribution in [0.4, 0.5) is 17.1 Å². The number of amides is 1. The van der Waals surface area contributed by atoms with Crippen molar-refractivity contribution in [2.45, 2.75) is 20.3 Å². The number of fused-ring (bicyclic) bond motifs is 1. The maximum absolute atomic E-state index is 13.1. The summed E-state index contributed by atoms with van der Waals surface area (Å²) in [5.74, 6) is -0.710. The first kappa shape index (κ1) is 23.1. The predicted octanol–water partition coefficient (Wildman–Crippen LogP) is 7.77. The predicted molar refractivity (Wildman–Crippen MR) is 135 cm³/mol. The number of azo groups is 1. The second-order valence-corrected chi connectivity index (χ2v) is 8.22. The molecule has 34 heavy (non-hydrogen) atoms. The van der Waals surface area contributed by atoms with Crippen LogP contribution in [0.5, 0.6) is 5.75 Å². The zero-order chi connectivity index (χ0) is 24.2. The molecule has 0 atom stereocenters. The third-order valence-corrected chi connectivity index (χ3v) is 5.69. The molecule has 0 spiro atoms. The van der Waals surface area contributed by atoms with E-state index in [9.17, 15) is 14.7 Å². The number of hydrogen-bond acceptors (Lipinski definition) is 5. The first-order valence-corrected chi connectivity index (χ1v) is 11.1. The Morgan fingerprint density at radius 1 is 0.971 bits per heavy atom. The Morgan fingerprint density at radius 2 is 1.71 bits per heavy atom. The number of carbonyl (C=O) groups excluding carboxylic acids is 2. The van der Waals surface area contributed by atoms with Crippen molar-refractivity contribution in [2.75, 3.05) is 5.32 Å². The molecule has 4 aromatic rings. The molecule has 0 saturated carbocycles. The van der Waals surface area contributed by atoms with E-state index in [1.54, 1.807) is 61.5 Å². The molecule has 0 unspecified atom stereocenters. The number of phenols is 1.